The summed E-state index contributed by atoms with van der Waals surface area (Å²) >= 11 is 0. The quantitative estimate of drug-likeness (QED) is 0.209. The van der Waals surface area contributed by atoms with Crippen molar-refractivity contribution in [2.24, 2.45) is 5.73 Å². The molecule has 1 saturated carbocycles. The topological polar surface area (TPSA) is 147 Å². The maximum absolute atomic E-state index is 13.0. The Balaban J connectivity index is 2.08. The molecule has 0 spiro atoms. The van der Waals surface area contributed by atoms with Gasteiger partial charge in [-0.25, -0.2) is 4.39 Å². The van der Waals surface area contributed by atoms with Gasteiger partial charge >= 0.3 is 0 Å². The number of aliphatic hydroxyl groups excluding tert-OH is 1. The van der Waals surface area contributed by atoms with Crippen LogP contribution < -0.4 is 21.7 Å². The van der Waals surface area contributed by atoms with Crippen molar-refractivity contribution in [1.82, 2.24) is 10.6 Å². The molecule has 1 fully saturated rings. The van der Waals surface area contributed by atoms with Gasteiger partial charge in [0.15, 0.2) is 0 Å². The molecule has 1 aromatic rings. The van der Waals surface area contributed by atoms with Gasteiger partial charge in [-0.3, -0.25) is 10.2 Å². The standard InChI is InChI=1S/C20H27FN6O2/c21-14-1-3-16(4-2-14)27-18(23)17(19(24)29)13-26-20(9-10-22)7-5-15(6-8-20)25-11-12-28/h1-4,13,15,25-26,28H,5-9,11-12H2,(H2,23,27)(H2,24,29)/b17-13+. The van der Waals surface area contributed by atoms with Crippen LogP contribution in [0.2, 0.25) is 0 Å². The lowest BCUT2D eigenvalue weighted by Crippen LogP contribution is -2.49. The molecule has 7 N–H and O–H groups in total. The van der Waals surface area contributed by atoms with Gasteiger partial charge in [0.25, 0.3) is 5.91 Å². The van der Waals surface area contributed by atoms with Crippen molar-refractivity contribution in [2.75, 3.05) is 18.5 Å². The SMILES string of the molecule is N#CCC1(N/C=C(\C(=N)Nc2ccc(F)cc2)C(N)=O)CCC(NCCO)CC1. The van der Waals surface area contributed by atoms with Gasteiger partial charge in [-0.05, 0) is 49.9 Å². The molecular weight excluding hydrogens is 375 g/mol. The second-order valence-electron chi connectivity index (χ2n) is 7.14. The van der Waals surface area contributed by atoms with Crippen molar-refractivity contribution < 1.29 is 14.3 Å². The largest absolute Gasteiger partial charge is 0.395 e. The van der Waals surface area contributed by atoms with Crippen LogP contribution in [0.25, 0.3) is 0 Å². The van der Waals surface area contributed by atoms with E-state index in [1.807, 2.05) is 0 Å². The number of benzene rings is 1. The molecule has 9 heteroatoms. The van der Waals surface area contributed by atoms with E-state index in [2.05, 4.69) is 22.0 Å². The Morgan fingerprint density at radius 3 is 2.59 bits per heavy atom. The molecule has 8 nitrogen and oxygen atoms in total. The van der Waals surface area contributed by atoms with Gasteiger partial charge in [0.1, 0.15) is 11.7 Å². The molecule has 0 radical (unpaired) electrons. The number of halogens is 1. The summed E-state index contributed by atoms with van der Waals surface area (Å²) in [5.74, 6) is -1.42. The van der Waals surface area contributed by atoms with E-state index in [-0.39, 0.29) is 30.5 Å². The molecule has 0 aliphatic heterocycles. The van der Waals surface area contributed by atoms with Gasteiger partial charge in [0.05, 0.1) is 24.7 Å². The molecule has 156 valence electrons. The van der Waals surface area contributed by atoms with Crippen LogP contribution in [0.5, 0.6) is 0 Å². The fraction of sp³-hybridized carbons (Fsp3) is 0.450. The third-order valence-corrected chi connectivity index (χ3v) is 5.08. The van der Waals surface area contributed by atoms with Crippen molar-refractivity contribution in [2.45, 2.75) is 43.7 Å². The highest BCUT2D eigenvalue weighted by molar-refractivity contribution is 6.23. The normalized spacial score (nSPS) is 21.8. The number of hydrogen-bond donors (Lipinski definition) is 6. The molecule has 1 aromatic carbocycles. The Labute approximate surface area is 169 Å². The maximum Gasteiger partial charge on any atom is 0.253 e. The Bertz CT molecular complexity index is 779. The molecule has 1 aliphatic carbocycles. The van der Waals surface area contributed by atoms with Crippen molar-refractivity contribution >= 4 is 17.4 Å². The number of nitrogens with zero attached hydrogens (tertiary/aromatic N) is 1. The Morgan fingerprint density at radius 2 is 2.03 bits per heavy atom. The summed E-state index contributed by atoms with van der Waals surface area (Å²) in [5.41, 5.74) is 5.31. The Morgan fingerprint density at radius 1 is 1.38 bits per heavy atom. The summed E-state index contributed by atoms with van der Waals surface area (Å²) in [6.07, 6.45) is 4.68. The average Bonchev–Trinajstić information content (AvgIpc) is 2.69. The molecule has 2 rings (SSSR count). The van der Waals surface area contributed by atoms with Crippen molar-refractivity contribution in [3.63, 3.8) is 0 Å². The fourth-order valence-electron chi connectivity index (χ4n) is 3.40. The molecule has 1 amide bonds. The minimum absolute atomic E-state index is 0.0628. The van der Waals surface area contributed by atoms with E-state index >= 15 is 0 Å². The third-order valence-electron chi connectivity index (χ3n) is 5.08. The summed E-state index contributed by atoms with van der Waals surface area (Å²) in [6.45, 7) is 0.604. The summed E-state index contributed by atoms with van der Waals surface area (Å²) in [5, 5.41) is 35.5. The number of carbonyl (C=O) groups excluding carboxylic acids is 1. The molecule has 1 aliphatic rings. The highest BCUT2D eigenvalue weighted by atomic mass is 19.1. The smallest absolute Gasteiger partial charge is 0.253 e. The summed E-state index contributed by atoms with van der Waals surface area (Å²) < 4.78 is 13.0. The van der Waals surface area contributed by atoms with E-state index in [9.17, 15) is 14.4 Å². The van der Waals surface area contributed by atoms with Crippen LogP contribution >= 0.6 is 0 Å². The first-order valence-electron chi connectivity index (χ1n) is 9.49. The molecule has 0 unspecified atom stereocenters. The zero-order chi connectivity index (χ0) is 21.3. The Kier molecular flexibility index (Phi) is 8.12. The first kappa shape index (κ1) is 22.3. The Hall–Kier alpha value is -2.96. The van der Waals surface area contributed by atoms with Gasteiger partial charge in [-0.1, -0.05) is 0 Å². The van der Waals surface area contributed by atoms with Gasteiger partial charge in [0, 0.05) is 30.0 Å². The molecule has 0 aromatic heterocycles. The zero-order valence-corrected chi connectivity index (χ0v) is 16.2. The number of amidine groups is 1. The number of hydrogen-bond acceptors (Lipinski definition) is 6. The number of nitrogens with one attached hydrogen (secondary N) is 4. The van der Waals surface area contributed by atoms with Crippen LogP contribution in [-0.2, 0) is 4.79 Å². The predicted molar refractivity (Wildman–Crippen MR) is 108 cm³/mol. The maximum atomic E-state index is 13.0. The predicted octanol–water partition coefficient (Wildman–Crippen LogP) is 1.35. The second-order valence-corrected chi connectivity index (χ2v) is 7.14. The number of amides is 1. The number of nitrogens with two attached hydrogens (primary N) is 1. The molecule has 0 heterocycles. The van der Waals surface area contributed by atoms with Crippen LogP contribution in [0.15, 0.2) is 36.0 Å². The van der Waals surface area contributed by atoms with Gasteiger partial charge < -0.3 is 26.8 Å². The number of nitriles is 1. The van der Waals surface area contributed by atoms with E-state index < -0.39 is 17.3 Å². The monoisotopic (exact) mass is 402 g/mol. The number of rotatable bonds is 9. The molecule has 29 heavy (non-hydrogen) atoms. The number of carbonyl (C=O) groups is 1. The highest BCUT2D eigenvalue weighted by Crippen LogP contribution is 2.31. The average molecular weight is 402 g/mol. The number of primary amides is 1. The van der Waals surface area contributed by atoms with E-state index in [4.69, 9.17) is 16.2 Å². The molecule has 0 bridgehead atoms. The minimum atomic E-state index is -0.789. The van der Waals surface area contributed by atoms with Crippen LogP contribution in [0.3, 0.4) is 0 Å². The first-order chi connectivity index (χ1) is 13.9. The summed E-state index contributed by atoms with van der Waals surface area (Å²) in [4.78, 5) is 11.9. The number of aliphatic hydroxyl groups is 1. The molecule has 0 saturated heterocycles. The van der Waals surface area contributed by atoms with E-state index in [1.54, 1.807) is 0 Å². The van der Waals surface area contributed by atoms with Crippen molar-refractivity contribution in [3.8, 4) is 6.07 Å². The second kappa shape index (κ2) is 10.5. The van der Waals surface area contributed by atoms with Crippen LogP contribution in [0.1, 0.15) is 32.1 Å². The lowest BCUT2D eigenvalue weighted by atomic mass is 9.77. The van der Waals surface area contributed by atoms with Crippen molar-refractivity contribution in [3.05, 3.63) is 41.9 Å². The van der Waals surface area contributed by atoms with E-state index in [0.29, 0.717) is 25.1 Å². The highest BCUT2D eigenvalue weighted by Gasteiger charge is 2.34. The summed E-state index contributed by atoms with van der Waals surface area (Å²) in [6, 6.07) is 7.85. The van der Waals surface area contributed by atoms with Crippen LogP contribution in [-0.4, -0.2) is 41.6 Å². The minimum Gasteiger partial charge on any atom is -0.395 e. The first-order valence-corrected chi connectivity index (χ1v) is 9.49. The van der Waals surface area contributed by atoms with Gasteiger partial charge in [0.2, 0.25) is 0 Å². The summed E-state index contributed by atoms with van der Waals surface area (Å²) in [7, 11) is 0. The lowest BCUT2D eigenvalue weighted by molar-refractivity contribution is -0.114. The lowest BCUT2D eigenvalue weighted by Gasteiger charge is -2.39. The van der Waals surface area contributed by atoms with Crippen molar-refractivity contribution in [1.29, 1.82) is 10.7 Å². The fourth-order valence-corrected chi connectivity index (χ4v) is 3.40. The third kappa shape index (κ3) is 6.55. The zero-order valence-electron chi connectivity index (χ0n) is 16.2. The molecular formula is C20H27FN6O2. The van der Waals surface area contributed by atoms with Crippen LogP contribution in [0.4, 0.5) is 10.1 Å². The molecule has 0 atom stereocenters. The van der Waals surface area contributed by atoms with E-state index in [0.717, 1.165) is 12.8 Å². The van der Waals surface area contributed by atoms with Crippen LogP contribution in [0, 0.1) is 22.6 Å². The van der Waals surface area contributed by atoms with Gasteiger partial charge in [-0.15, -0.1) is 0 Å². The van der Waals surface area contributed by atoms with Gasteiger partial charge in [-0.2, -0.15) is 5.26 Å². The van der Waals surface area contributed by atoms with E-state index in [1.165, 1.54) is 30.5 Å². The number of anilines is 1.